The minimum atomic E-state index is -0.463. The summed E-state index contributed by atoms with van der Waals surface area (Å²) in [5.41, 5.74) is 2.01. The van der Waals surface area contributed by atoms with E-state index >= 15 is 0 Å². The smallest absolute Gasteiger partial charge is 0.267 e. The zero-order chi connectivity index (χ0) is 28.2. The van der Waals surface area contributed by atoms with Gasteiger partial charge in [0.05, 0.1) is 31.8 Å². The van der Waals surface area contributed by atoms with E-state index < -0.39 is 5.91 Å². The van der Waals surface area contributed by atoms with Crippen molar-refractivity contribution in [2.24, 2.45) is 13.0 Å². The first-order valence-electron chi connectivity index (χ1n) is 12.6. The number of aromatic nitrogens is 5. The van der Waals surface area contributed by atoms with E-state index in [1.807, 2.05) is 12.1 Å². The Morgan fingerprint density at radius 3 is 2.85 bits per heavy atom. The average molecular weight is 569 g/mol. The van der Waals surface area contributed by atoms with E-state index in [2.05, 4.69) is 25.7 Å². The van der Waals surface area contributed by atoms with Crippen LogP contribution in [-0.2, 0) is 16.6 Å². The van der Waals surface area contributed by atoms with Crippen LogP contribution in [0.25, 0.3) is 16.7 Å². The second-order valence-electron chi connectivity index (χ2n) is 9.14. The number of aliphatic hydroxyl groups is 1. The summed E-state index contributed by atoms with van der Waals surface area (Å²) in [6.45, 7) is 0.771. The molecule has 0 spiro atoms. The molecule has 14 heteroatoms. The van der Waals surface area contributed by atoms with Gasteiger partial charge in [0, 0.05) is 32.3 Å². The Hall–Kier alpha value is -4.20. The first-order chi connectivity index (χ1) is 19.4. The molecule has 4 aromatic rings. The van der Waals surface area contributed by atoms with Crippen LogP contribution in [0.3, 0.4) is 0 Å². The predicted octanol–water partition coefficient (Wildman–Crippen LogP) is 2.92. The number of halogens is 1. The summed E-state index contributed by atoms with van der Waals surface area (Å²) < 4.78 is 20.0. The van der Waals surface area contributed by atoms with Crippen molar-refractivity contribution < 1.29 is 24.1 Å². The summed E-state index contributed by atoms with van der Waals surface area (Å²) in [4.78, 5) is 21.6. The highest BCUT2D eigenvalue weighted by Gasteiger charge is 2.27. The molecule has 0 aromatic carbocycles. The van der Waals surface area contributed by atoms with Crippen molar-refractivity contribution in [3.05, 3.63) is 47.5 Å². The number of anilines is 1. The Kier molecular flexibility index (Phi) is 8.14. The third-order valence-corrected chi connectivity index (χ3v) is 6.61. The van der Waals surface area contributed by atoms with E-state index in [0.29, 0.717) is 58.8 Å². The van der Waals surface area contributed by atoms with Gasteiger partial charge in [0.1, 0.15) is 34.1 Å². The number of rotatable bonds is 13. The van der Waals surface area contributed by atoms with Crippen molar-refractivity contribution in [2.45, 2.75) is 12.8 Å². The van der Waals surface area contributed by atoms with E-state index in [1.54, 1.807) is 35.6 Å². The Morgan fingerprint density at radius 2 is 2.10 bits per heavy atom. The van der Waals surface area contributed by atoms with Gasteiger partial charge in [-0.05, 0) is 31.1 Å². The predicted molar refractivity (Wildman–Crippen MR) is 148 cm³/mol. The van der Waals surface area contributed by atoms with Crippen LogP contribution in [0.5, 0.6) is 17.2 Å². The Morgan fingerprint density at radius 1 is 1.27 bits per heavy atom. The maximum Gasteiger partial charge on any atom is 0.267 e. The molecular formula is C26H29ClN8O5. The standard InChI is InChI=1S/C26H29ClN8O5/c1-34-23-22(27)21(40-20-13-31-35-14-16(5-6-19(20)35)39-10-9-38-2)12-30-24(23)33-26(34)32-18(25(37)29-7-8-36)11-17(28)15-3-4-15/h5-6,11-15,28,36H,3-4,7-10H2,1-2H3,(H,29,37)(H,30,32,33)/b18-11+,28-17?. The molecule has 0 radical (unpaired) electrons. The zero-order valence-corrected chi connectivity index (χ0v) is 22.7. The molecule has 1 saturated carbocycles. The molecule has 5 rings (SSSR count). The molecule has 1 amide bonds. The summed E-state index contributed by atoms with van der Waals surface area (Å²) in [7, 11) is 3.34. The molecule has 1 aliphatic carbocycles. The molecule has 13 nitrogen and oxygen atoms in total. The lowest BCUT2D eigenvalue weighted by Crippen LogP contribution is -2.31. The number of allylic oxidation sites excluding steroid dienone is 1. The van der Waals surface area contributed by atoms with Crippen molar-refractivity contribution in [3.8, 4) is 17.2 Å². The van der Waals surface area contributed by atoms with Crippen LogP contribution < -0.4 is 20.1 Å². The number of fused-ring (bicyclic) bond motifs is 2. The number of amides is 1. The molecule has 4 N–H and O–H groups in total. The van der Waals surface area contributed by atoms with E-state index in [9.17, 15) is 4.79 Å². The van der Waals surface area contributed by atoms with Crippen LogP contribution in [0.1, 0.15) is 12.8 Å². The monoisotopic (exact) mass is 568 g/mol. The lowest BCUT2D eigenvalue weighted by Gasteiger charge is -2.12. The highest BCUT2D eigenvalue weighted by molar-refractivity contribution is 6.36. The minimum absolute atomic E-state index is 0.0803. The summed E-state index contributed by atoms with van der Waals surface area (Å²) in [6, 6.07) is 3.64. The molecule has 210 valence electrons. The first kappa shape index (κ1) is 27.4. The maximum absolute atomic E-state index is 12.7. The summed E-state index contributed by atoms with van der Waals surface area (Å²) in [5, 5.41) is 27.6. The molecule has 0 saturated heterocycles. The molecule has 4 heterocycles. The molecule has 0 aliphatic heterocycles. The van der Waals surface area contributed by atoms with Gasteiger partial charge in [-0.3, -0.25) is 4.79 Å². The number of carbonyl (C=O) groups is 1. The SMILES string of the molecule is COCCOc1ccc2c(Oc3cnc4nc(N/C(=C/C(=N)C5CC5)C(=O)NCCO)n(C)c4c3Cl)cnn2c1. The Balaban J connectivity index is 1.40. The van der Waals surface area contributed by atoms with Gasteiger partial charge in [0.25, 0.3) is 5.91 Å². The highest BCUT2D eigenvalue weighted by atomic mass is 35.5. The Bertz CT molecular complexity index is 1590. The number of aliphatic hydroxyl groups excluding tert-OH is 1. The summed E-state index contributed by atoms with van der Waals surface area (Å²) >= 11 is 6.76. The van der Waals surface area contributed by atoms with Crippen molar-refractivity contribution in [2.75, 3.05) is 38.8 Å². The summed E-state index contributed by atoms with van der Waals surface area (Å²) in [5.74, 6) is 1.39. The van der Waals surface area contributed by atoms with Crippen molar-refractivity contribution in [1.82, 2.24) is 29.5 Å². The quantitative estimate of drug-likeness (QED) is 0.108. The number of aryl methyl sites for hydroxylation is 1. The second-order valence-corrected chi connectivity index (χ2v) is 9.52. The molecule has 0 bridgehead atoms. The van der Waals surface area contributed by atoms with Crippen molar-refractivity contribution in [1.29, 1.82) is 5.41 Å². The van der Waals surface area contributed by atoms with Gasteiger partial charge >= 0.3 is 0 Å². The van der Waals surface area contributed by atoms with Crippen LogP contribution >= 0.6 is 11.6 Å². The van der Waals surface area contributed by atoms with Crippen molar-refractivity contribution in [3.63, 3.8) is 0 Å². The molecule has 4 aromatic heterocycles. The molecular weight excluding hydrogens is 540 g/mol. The average Bonchev–Trinajstić information content (AvgIpc) is 3.66. The van der Waals surface area contributed by atoms with E-state index in [1.165, 1.54) is 12.3 Å². The second kappa shape index (κ2) is 11.9. The topological polar surface area (TPSA) is 161 Å². The lowest BCUT2D eigenvalue weighted by molar-refractivity contribution is -0.117. The fourth-order valence-electron chi connectivity index (χ4n) is 3.97. The zero-order valence-electron chi connectivity index (χ0n) is 22.0. The minimum Gasteiger partial charge on any atom is -0.490 e. The third kappa shape index (κ3) is 5.86. The van der Waals surface area contributed by atoms with Crippen molar-refractivity contribution >= 4 is 45.8 Å². The Labute approximate surface area is 234 Å². The molecule has 1 aliphatic rings. The van der Waals surface area contributed by atoms with Gasteiger partial charge in [0.2, 0.25) is 5.95 Å². The van der Waals surface area contributed by atoms with E-state index in [0.717, 1.165) is 12.8 Å². The van der Waals surface area contributed by atoms with E-state index in [4.69, 9.17) is 36.3 Å². The number of pyridine rings is 2. The highest BCUT2D eigenvalue weighted by Crippen LogP contribution is 2.37. The lowest BCUT2D eigenvalue weighted by atomic mass is 10.2. The van der Waals surface area contributed by atoms with Crippen LogP contribution in [0.2, 0.25) is 5.02 Å². The van der Waals surface area contributed by atoms with E-state index in [-0.39, 0.29) is 29.8 Å². The number of hydrogen-bond donors (Lipinski definition) is 4. The summed E-state index contributed by atoms with van der Waals surface area (Å²) in [6.07, 6.45) is 8.12. The van der Waals surface area contributed by atoms with Crippen LogP contribution in [0.15, 0.2) is 42.5 Å². The molecule has 0 atom stereocenters. The maximum atomic E-state index is 12.7. The number of methoxy groups -OCH3 is 1. The molecule has 0 unspecified atom stereocenters. The van der Waals surface area contributed by atoms with Crippen LogP contribution in [0, 0.1) is 11.3 Å². The first-order valence-corrected chi connectivity index (χ1v) is 13.0. The third-order valence-electron chi connectivity index (χ3n) is 6.24. The largest absolute Gasteiger partial charge is 0.490 e. The van der Waals surface area contributed by atoms with Crippen LogP contribution in [0.4, 0.5) is 5.95 Å². The van der Waals surface area contributed by atoms with Gasteiger partial charge in [-0.15, -0.1) is 0 Å². The number of hydrogen-bond acceptors (Lipinski definition) is 10. The fourth-order valence-corrected chi connectivity index (χ4v) is 4.27. The molecule has 40 heavy (non-hydrogen) atoms. The van der Waals surface area contributed by atoms with Gasteiger partial charge in [-0.1, -0.05) is 11.6 Å². The number of nitrogens with one attached hydrogen (secondary N) is 3. The number of imidazole rings is 1. The fraction of sp³-hybridized carbons (Fsp3) is 0.346. The van der Waals surface area contributed by atoms with Gasteiger partial charge in [-0.25, -0.2) is 9.50 Å². The van der Waals surface area contributed by atoms with Gasteiger partial charge in [-0.2, -0.15) is 10.1 Å². The number of nitrogens with zero attached hydrogens (tertiary/aromatic N) is 5. The number of carbonyl (C=O) groups excluding carboxylic acids is 1. The van der Waals surface area contributed by atoms with Gasteiger partial charge < -0.3 is 39.9 Å². The normalized spacial score (nSPS) is 13.6. The molecule has 1 fully saturated rings. The van der Waals surface area contributed by atoms with Gasteiger partial charge in [0.15, 0.2) is 17.1 Å². The number of ether oxygens (including phenoxy) is 3. The van der Waals surface area contributed by atoms with Crippen LogP contribution in [-0.4, -0.2) is 74.3 Å².